The van der Waals surface area contributed by atoms with Crippen LogP contribution >= 0.6 is 0 Å². The van der Waals surface area contributed by atoms with Crippen LogP contribution in [0.4, 0.5) is 11.8 Å². The van der Waals surface area contributed by atoms with E-state index in [1.165, 1.54) is 18.4 Å². The molecule has 1 aromatic heterocycles. The Balaban J connectivity index is 2.05. The number of hydrogen-bond acceptors (Lipinski definition) is 4. The minimum atomic E-state index is 0.762. The summed E-state index contributed by atoms with van der Waals surface area (Å²) < 4.78 is 0. The van der Waals surface area contributed by atoms with Crippen LogP contribution in [-0.4, -0.2) is 29.6 Å². The van der Waals surface area contributed by atoms with E-state index in [2.05, 4.69) is 42.9 Å². The second kappa shape index (κ2) is 6.91. The van der Waals surface area contributed by atoms with Crippen molar-refractivity contribution in [3.8, 4) is 0 Å². The molecule has 2 rings (SSSR count). The van der Waals surface area contributed by atoms with Gasteiger partial charge < -0.3 is 10.2 Å². The average molecular weight is 276 g/mol. The van der Waals surface area contributed by atoms with E-state index in [0.29, 0.717) is 0 Å². The molecule has 4 nitrogen and oxygen atoms in total. The molecule has 1 N–H and O–H groups in total. The maximum atomic E-state index is 4.71. The molecule has 0 bridgehead atoms. The summed E-state index contributed by atoms with van der Waals surface area (Å²) in [6, 6.07) is 0. The Labute approximate surface area is 123 Å². The Hall–Kier alpha value is -1.32. The smallest absolute Gasteiger partial charge is 0.224 e. The quantitative estimate of drug-likeness (QED) is 0.894. The topological polar surface area (TPSA) is 41.1 Å². The van der Waals surface area contributed by atoms with Crippen molar-refractivity contribution in [2.24, 2.45) is 11.8 Å². The molecular weight excluding hydrogens is 248 g/mol. The van der Waals surface area contributed by atoms with Gasteiger partial charge in [0.05, 0.1) is 0 Å². The van der Waals surface area contributed by atoms with Gasteiger partial charge in [-0.1, -0.05) is 20.8 Å². The van der Waals surface area contributed by atoms with Gasteiger partial charge in [0.15, 0.2) is 0 Å². The SMILES string of the molecule is CCCNc1ncc(C)c(N2CCC(C(C)C)CC2)n1. The predicted molar refractivity (Wildman–Crippen MR) is 85.3 cm³/mol. The van der Waals surface area contributed by atoms with Crippen molar-refractivity contribution >= 4 is 11.8 Å². The molecule has 0 amide bonds. The van der Waals surface area contributed by atoms with Gasteiger partial charge in [0.2, 0.25) is 5.95 Å². The minimum Gasteiger partial charge on any atom is -0.356 e. The number of nitrogens with one attached hydrogen (secondary N) is 1. The molecule has 4 heteroatoms. The molecule has 1 aliphatic rings. The van der Waals surface area contributed by atoms with Gasteiger partial charge in [-0.15, -0.1) is 0 Å². The van der Waals surface area contributed by atoms with Crippen LogP contribution in [0, 0.1) is 18.8 Å². The van der Waals surface area contributed by atoms with Crippen LogP contribution in [0.2, 0.25) is 0 Å². The summed E-state index contributed by atoms with van der Waals surface area (Å²) in [5.74, 6) is 3.54. The first-order chi connectivity index (χ1) is 9.61. The molecular formula is C16H28N4. The number of nitrogens with zero attached hydrogens (tertiary/aromatic N) is 3. The van der Waals surface area contributed by atoms with E-state index < -0.39 is 0 Å². The molecule has 2 heterocycles. The lowest BCUT2D eigenvalue weighted by molar-refractivity contribution is 0.310. The molecule has 1 saturated heterocycles. The van der Waals surface area contributed by atoms with Crippen LogP contribution < -0.4 is 10.2 Å². The third-order valence-electron chi connectivity index (χ3n) is 4.26. The van der Waals surface area contributed by atoms with Crippen molar-refractivity contribution in [2.75, 3.05) is 29.9 Å². The number of anilines is 2. The number of hydrogen-bond donors (Lipinski definition) is 1. The lowest BCUT2D eigenvalue weighted by atomic mass is 9.87. The first kappa shape index (κ1) is 15.1. The maximum absolute atomic E-state index is 4.71. The van der Waals surface area contributed by atoms with E-state index in [1.54, 1.807) is 0 Å². The predicted octanol–water partition coefficient (Wildman–Crippen LogP) is 3.48. The zero-order valence-corrected chi connectivity index (χ0v) is 13.3. The third kappa shape index (κ3) is 3.62. The van der Waals surface area contributed by atoms with Gasteiger partial charge in [-0.25, -0.2) is 4.98 Å². The molecule has 0 saturated carbocycles. The first-order valence-electron chi connectivity index (χ1n) is 7.94. The Morgan fingerprint density at radius 2 is 2.05 bits per heavy atom. The lowest BCUT2D eigenvalue weighted by Gasteiger charge is -2.35. The van der Waals surface area contributed by atoms with Gasteiger partial charge in [-0.05, 0) is 38.0 Å². The minimum absolute atomic E-state index is 0.762. The van der Waals surface area contributed by atoms with E-state index in [4.69, 9.17) is 4.98 Å². The summed E-state index contributed by atoms with van der Waals surface area (Å²) in [6.45, 7) is 12.1. The highest BCUT2D eigenvalue weighted by atomic mass is 15.2. The highest BCUT2D eigenvalue weighted by molar-refractivity contribution is 5.49. The highest BCUT2D eigenvalue weighted by Gasteiger charge is 2.23. The Bertz CT molecular complexity index is 422. The van der Waals surface area contributed by atoms with Crippen LogP contribution in [-0.2, 0) is 0 Å². The summed E-state index contributed by atoms with van der Waals surface area (Å²) in [5, 5.41) is 3.28. The zero-order valence-electron chi connectivity index (χ0n) is 13.3. The molecule has 112 valence electrons. The molecule has 0 spiro atoms. The van der Waals surface area contributed by atoms with Crippen molar-refractivity contribution in [3.05, 3.63) is 11.8 Å². The molecule has 0 radical (unpaired) electrons. The molecule has 0 aromatic carbocycles. The van der Waals surface area contributed by atoms with Gasteiger partial charge >= 0.3 is 0 Å². The first-order valence-corrected chi connectivity index (χ1v) is 7.94. The fraction of sp³-hybridized carbons (Fsp3) is 0.750. The summed E-state index contributed by atoms with van der Waals surface area (Å²) in [7, 11) is 0. The highest BCUT2D eigenvalue weighted by Crippen LogP contribution is 2.28. The second-order valence-corrected chi connectivity index (χ2v) is 6.20. The monoisotopic (exact) mass is 276 g/mol. The van der Waals surface area contributed by atoms with Crippen LogP contribution in [0.1, 0.15) is 45.6 Å². The number of aryl methyl sites for hydroxylation is 1. The van der Waals surface area contributed by atoms with Crippen LogP contribution in [0.3, 0.4) is 0 Å². The summed E-state index contributed by atoms with van der Waals surface area (Å²) >= 11 is 0. The average Bonchev–Trinajstić information content (AvgIpc) is 2.46. The van der Waals surface area contributed by atoms with Gasteiger partial charge in [-0.2, -0.15) is 4.98 Å². The van der Waals surface area contributed by atoms with Crippen LogP contribution in [0.15, 0.2) is 6.20 Å². The van der Waals surface area contributed by atoms with Crippen molar-refractivity contribution in [3.63, 3.8) is 0 Å². The van der Waals surface area contributed by atoms with Crippen molar-refractivity contribution < 1.29 is 0 Å². The third-order valence-corrected chi connectivity index (χ3v) is 4.26. The van der Waals surface area contributed by atoms with Crippen LogP contribution in [0.5, 0.6) is 0 Å². The van der Waals surface area contributed by atoms with Gasteiger partial charge in [0, 0.05) is 31.4 Å². The molecule has 0 aliphatic carbocycles. The largest absolute Gasteiger partial charge is 0.356 e. The Kier molecular flexibility index (Phi) is 5.21. The Morgan fingerprint density at radius 3 is 2.65 bits per heavy atom. The van der Waals surface area contributed by atoms with Crippen molar-refractivity contribution in [2.45, 2.75) is 47.0 Å². The summed E-state index contributed by atoms with van der Waals surface area (Å²) in [6.07, 6.45) is 5.58. The van der Waals surface area contributed by atoms with Gasteiger partial charge in [-0.3, -0.25) is 0 Å². The normalized spacial score (nSPS) is 16.8. The van der Waals surface area contributed by atoms with Crippen molar-refractivity contribution in [1.82, 2.24) is 9.97 Å². The molecule has 0 atom stereocenters. The van der Waals surface area contributed by atoms with E-state index in [-0.39, 0.29) is 0 Å². The molecule has 1 aromatic rings. The fourth-order valence-corrected chi connectivity index (χ4v) is 2.85. The molecule has 1 aliphatic heterocycles. The standard InChI is InChI=1S/C16H28N4/c1-5-8-17-16-18-11-13(4)15(19-16)20-9-6-14(7-10-20)12(2)3/h11-12,14H,5-10H2,1-4H3,(H,17,18,19). The number of rotatable bonds is 5. The van der Waals surface area contributed by atoms with E-state index in [1.807, 2.05) is 6.20 Å². The van der Waals surface area contributed by atoms with E-state index in [0.717, 1.165) is 49.7 Å². The van der Waals surface area contributed by atoms with Crippen molar-refractivity contribution in [1.29, 1.82) is 0 Å². The summed E-state index contributed by atoms with van der Waals surface area (Å²) in [4.78, 5) is 11.5. The number of aromatic nitrogens is 2. The molecule has 0 unspecified atom stereocenters. The van der Waals surface area contributed by atoms with Gasteiger partial charge in [0.25, 0.3) is 0 Å². The number of piperidine rings is 1. The molecule has 1 fully saturated rings. The molecule has 20 heavy (non-hydrogen) atoms. The van der Waals surface area contributed by atoms with Gasteiger partial charge in [0.1, 0.15) is 5.82 Å². The van der Waals surface area contributed by atoms with Crippen LogP contribution in [0.25, 0.3) is 0 Å². The maximum Gasteiger partial charge on any atom is 0.224 e. The zero-order chi connectivity index (χ0) is 14.5. The second-order valence-electron chi connectivity index (χ2n) is 6.20. The summed E-state index contributed by atoms with van der Waals surface area (Å²) in [5.41, 5.74) is 1.18. The fourth-order valence-electron chi connectivity index (χ4n) is 2.85. The van der Waals surface area contributed by atoms with E-state index in [9.17, 15) is 0 Å². The lowest BCUT2D eigenvalue weighted by Crippen LogP contribution is -2.36. The van der Waals surface area contributed by atoms with E-state index >= 15 is 0 Å². The Morgan fingerprint density at radius 1 is 1.35 bits per heavy atom.